The minimum atomic E-state index is 0.149. The predicted octanol–water partition coefficient (Wildman–Crippen LogP) is 3.69. The van der Waals surface area contributed by atoms with E-state index in [4.69, 9.17) is 32.7 Å². The van der Waals surface area contributed by atoms with Gasteiger partial charge in [0.25, 0.3) is 0 Å². The Morgan fingerprint density at radius 2 is 2.16 bits per heavy atom. The summed E-state index contributed by atoms with van der Waals surface area (Å²) in [7, 11) is 3.52. The molecule has 0 saturated carbocycles. The Kier molecular flexibility index (Phi) is 5.34. The van der Waals surface area contributed by atoms with E-state index < -0.39 is 0 Å². The molecular weight excluding hydrogens is 285 g/mol. The molecule has 5 heteroatoms. The van der Waals surface area contributed by atoms with Crippen LogP contribution in [0, 0.1) is 5.92 Å². The molecule has 2 unspecified atom stereocenters. The Balaban J connectivity index is 2.29. The van der Waals surface area contributed by atoms with Crippen molar-refractivity contribution in [2.24, 2.45) is 5.92 Å². The van der Waals surface area contributed by atoms with Gasteiger partial charge in [-0.05, 0) is 31.5 Å². The Bertz CT molecular complexity index is 434. The lowest BCUT2D eigenvalue weighted by molar-refractivity contribution is 0.0402. The minimum Gasteiger partial charge on any atom is -0.495 e. The monoisotopic (exact) mass is 303 g/mol. The van der Waals surface area contributed by atoms with E-state index in [-0.39, 0.29) is 6.04 Å². The zero-order valence-corrected chi connectivity index (χ0v) is 12.7. The lowest BCUT2D eigenvalue weighted by atomic mass is 9.88. The lowest BCUT2D eigenvalue weighted by Crippen LogP contribution is -2.31. The fourth-order valence-electron chi connectivity index (χ4n) is 2.61. The van der Waals surface area contributed by atoms with Crippen LogP contribution in [-0.2, 0) is 4.74 Å². The van der Waals surface area contributed by atoms with Gasteiger partial charge < -0.3 is 14.8 Å². The predicted molar refractivity (Wildman–Crippen MR) is 78.4 cm³/mol. The quantitative estimate of drug-likeness (QED) is 0.920. The van der Waals surface area contributed by atoms with Crippen molar-refractivity contribution in [1.29, 1.82) is 0 Å². The van der Waals surface area contributed by atoms with Crippen LogP contribution in [0.5, 0.6) is 5.75 Å². The Morgan fingerprint density at radius 3 is 2.74 bits per heavy atom. The van der Waals surface area contributed by atoms with Gasteiger partial charge in [-0.15, -0.1) is 0 Å². The molecule has 3 nitrogen and oxygen atoms in total. The molecule has 0 amide bonds. The van der Waals surface area contributed by atoms with Crippen LogP contribution < -0.4 is 10.1 Å². The Morgan fingerprint density at radius 1 is 1.37 bits per heavy atom. The summed E-state index contributed by atoms with van der Waals surface area (Å²) in [4.78, 5) is 0. The summed E-state index contributed by atoms with van der Waals surface area (Å²) >= 11 is 12.6. The van der Waals surface area contributed by atoms with E-state index in [9.17, 15) is 0 Å². The fourth-order valence-corrected chi connectivity index (χ4v) is 3.13. The highest BCUT2D eigenvalue weighted by atomic mass is 35.5. The molecule has 1 heterocycles. The fraction of sp³-hybridized carbons (Fsp3) is 0.571. The first kappa shape index (κ1) is 14.9. The molecule has 1 saturated heterocycles. The first-order chi connectivity index (χ1) is 9.17. The zero-order chi connectivity index (χ0) is 13.8. The number of ether oxygens (including phenoxy) is 2. The van der Waals surface area contributed by atoms with Gasteiger partial charge in [0, 0.05) is 29.7 Å². The summed E-state index contributed by atoms with van der Waals surface area (Å²) in [5.74, 6) is 1.02. The highest BCUT2D eigenvalue weighted by Crippen LogP contribution is 2.38. The average molecular weight is 304 g/mol. The number of rotatable bonds is 4. The van der Waals surface area contributed by atoms with Crippen molar-refractivity contribution >= 4 is 23.2 Å². The highest BCUT2D eigenvalue weighted by Gasteiger charge is 2.26. The van der Waals surface area contributed by atoms with Crippen molar-refractivity contribution in [2.75, 3.05) is 27.4 Å². The van der Waals surface area contributed by atoms with Crippen molar-refractivity contribution < 1.29 is 9.47 Å². The van der Waals surface area contributed by atoms with Crippen LogP contribution in [0.15, 0.2) is 12.1 Å². The number of benzene rings is 1. The van der Waals surface area contributed by atoms with E-state index in [1.54, 1.807) is 13.2 Å². The maximum absolute atomic E-state index is 6.35. The standard InChI is InChI=1S/C14H19Cl2NO2/c1-17-14(9-4-3-5-19-8-9)10-6-12(16)13(18-2)7-11(10)15/h6-7,9,14,17H,3-5,8H2,1-2H3. The van der Waals surface area contributed by atoms with Crippen molar-refractivity contribution in [2.45, 2.75) is 18.9 Å². The molecular formula is C14H19Cl2NO2. The van der Waals surface area contributed by atoms with Crippen LogP contribution in [0.3, 0.4) is 0 Å². The van der Waals surface area contributed by atoms with Gasteiger partial charge in [0.05, 0.1) is 18.7 Å². The van der Waals surface area contributed by atoms with Gasteiger partial charge in [-0.3, -0.25) is 0 Å². The van der Waals surface area contributed by atoms with Crippen molar-refractivity contribution in [3.05, 3.63) is 27.7 Å². The van der Waals surface area contributed by atoms with E-state index in [0.717, 1.165) is 31.6 Å². The van der Waals surface area contributed by atoms with Gasteiger partial charge >= 0.3 is 0 Å². The molecule has 1 N–H and O–H groups in total. The van der Waals surface area contributed by atoms with Crippen LogP contribution >= 0.6 is 23.2 Å². The Hall–Kier alpha value is -0.480. The smallest absolute Gasteiger partial charge is 0.138 e. The molecule has 19 heavy (non-hydrogen) atoms. The summed E-state index contributed by atoms with van der Waals surface area (Å²) in [6.07, 6.45) is 2.22. The number of methoxy groups -OCH3 is 1. The van der Waals surface area contributed by atoms with Gasteiger partial charge in [-0.1, -0.05) is 23.2 Å². The normalized spacial score (nSPS) is 21.2. The molecule has 1 aliphatic rings. The molecule has 1 aliphatic heterocycles. The molecule has 1 fully saturated rings. The SMILES string of the molecule is CNC(c1cc(Cl)c(OC)cc1Cl)C1CCCOC1. The molecule has 2 rings (SSSR count). The largest absolute Gasteiger partial charge is 0.495 e. The number of hydrogen-bond donors (Lipinski definition) is 1. The van der Waals surface area contributed by atoms with Crippen LogP contribution in [0.2, 0.25) is 10.0 Å². The first-order valence-corrected chi connectivity index (χ1v) is 7.21. The van der Waals surface area contributed by atoms with E-state index in [2.05, 4.69) is 5.32 Å². The molecule has 1 aromatic carbocycles. The van der Waals surface area contributed by atoms with Crippen LogP contribution in [0.4, 0.5) is 0 Å². The van der Waals surface area contributed by atoms with Crippen LogP contribution in [0.1, 0.15) is 24.4 Å². The van der Waals surface area contributed by atoms with Gasteiger partial charge in [-0.2, -0.15) is 0 Å². The van der Waals surface area contributed by atoms with Crippen LogP contribution in [0.25, 0.3) is 0 Å². The summed E-state index contributed by atoms with van der Waals surface area (Å²) in [5, 5.41) is 4.58. The van der Waals surface area contributed by atoms with E-state index in [1.165, 1.54) is 0 Å². The summed E-state index contributed by atoms with van der Waals surface area (Å²) in [6.45, 7) is 1.61. The number of halogens is 2. The molecule has 0 spiro atoms. The molecule has 0 bridgehead atoms. The molecule has 0 radical (unpaired) electrons. The summed E-state index contributed by atoms with van der Waals surface area (Å²) in [5.41, 5.74) is 1.01. The summed E-state index contributed by atoms with van der Waals surface area (Å²) < 4.78 is 10.7. The van der Waals surface area contributed by atoms with E-state index >= 15 is 0 Å². The van der Waals surface area contributed by atoms with Crippen molar-refractivity contribution in [3.63, 3.8) is 0 Å². The molecule has 0 aromatic heterocycles. The average Bonchev–Trinajstić information content (AvgIpc) is 2.44. The minimum absolute atomic E-state index is 0.149. The third-order valence-electron chi connectivity index (χ3n) is 3.58. The number of nitrogens with one attached hydrogen (secondary N) is 1. The maximum atomic E-state index is 6.35. The van der Waals surface area contributed by atoms with Crippen LogP contribution in [-0.4, -0.2) is 27.4 Å². The second-order valence-corrected chi connectivity index (χ2v) is 5.57. The maximum Gasteiger partial charge on any atom is 0.138 e. The zero-order valence-electron chi connectivity index (χ0n) is 11.2. The molecule has 1 aromatic rings. The van der Waals surface area contributed by atoms with Gasteiger partial charge in [0.2, 0.25) is 0 Å². The Labute approximate surface area is 124 Å². The van der Waals surface area contributed by atoms with E-state index in [1.807, 2.05) is 13.1 Å². The second-order valence-electron chi connectivity index (χ2n) is 4.75. The molecule has 2 atom stereocenters. The second kappa shape index (κ2) is 6.80. The molecule has 0 aliphatic carbocycles. The molecule has 106 valence electrons. The third-order valence-corrected chi connectivity index (χ3v) is 4.21. The van der Waals surface area contributed by atoms with Crippen molar-refractivity contribution in [1.82, 2.24) is 5.32 Å². The van der Waals surface area contributed by atoms with Crippen molar-refractivity contribution in [3.8, 4) is 5.75 Å². The highest BCUT2D eigenvalue weighted by molar-refractivity contribution is 6.34. The van der Waals surface area contributed by atoms with E-state index in [0.29, 0.717) is 21.7 Å². The third kappa shape index (κ3) is 3.34. The topological polar surface area (TPSA) is 30.5 Å². The van der Waals surface area contributed by atoms with Gasteiger partial charge in [-0.25, -0.2) is 0 Å². The lowest BCUT2D eigenvalue weighted by Gasteiger charge is -2.31. The summed E-state index contributed by atoms with van der Waals surface area (Å²) in [6, 6.07) is 3.81. The van der Waals surface area contributed by atoms with Gasteiger partial charge in [0.15, 0.2) is 0 Å². The van der Waals surface area contributed by atoms with Gasteiger partial charge in [0.1, 0.15) is 5.75 Å². The number of hydrogen-bond acceptors (Lipinski definition) is 3. The first-order valence-electron chi connectivity index (χ1n) is 6.45.